The Kier molecular flexibility index (Phi) is 5.91. The number of nitrogens with one attached hydrogen (secondary N) is 2. The summed E-state index contributed by atoms with van der Waals surface area (Å²) in [7, 11) is -7.65. The Hall–Kier alpha value is -2.63. The van der Waals surface area contributed by atoms with Gasteiger partial charge < -0.3 is 10.1 Å². The molecule has 1 fully saturated rings. The lowest BCUT2D eigenvalue weighted by atomic mass is 10.0. The Bertz CT molecular complexity index is 1230. The van der Waals surface area contributed by atoms with Gasteiger partial charge in [-0.05, 0) is 69.2 Å². The van der Waals surface area contributed by atoms with E-state index in [1.165, 1.54) is 42.5 Å². The lowest BCUT2D eigenvalue weighted by Crippen LogP contribution is -2.47. The van der Waals surface area contributed by atoms with Crippen LogP contribution < -0.4 is 14.8 Å². The van der Waals surface area contributed by atoms with Crippen LogP contribution in [0.2, 0.25) is 0 Å². The molecule has 32 heavy (non-hydrogen) atoms. The molecule has 2 aromatic rings. The van der Waals surface area contributed by atoms with E-state index in [9.17, 15) is 21.6 Å². The van der Waals surface area contributed by atoms with Gasteiger partial charge >= 0.3 is 0 Å². The second kappa shape index (κ2) is 8.38. The van der Waals surface area contributed by atoms with Crippen LogP contribution in [-0.2, 0) is 24.8 Å². The highest BCUT2D eigenvalue weighted by Gasteiger charge is 2.35. The zero-order chi connectivity index (χ0) is 23.1. The molecule has 4 rings (SSSR count). The van der Waals surface area contributed by atoms with Crippen LogP contribution >= 0.6 is 0 Å². The third kappa shape index (κ3) is 4.32. The Balaban J connectivity index is 1.55. The number of anilines is 2. The van der Waals surface area contributed by atoms with E-state index in [1.54, 1.807) is 4.31 Å². The van der Waals surface area contributed by atoms with Crippen molar-refractivity contribution in [1.29, 1.82) is 0 Å². The number of carbonyl (C=O) groups is 1. The number of benzene rings is 2. The van der Waals surface area contributed by atoms with Crippen molar-refractivity contribution in [3.05, 3.63) is 42.5 Å². The van der Waals surface area contributed by atoms with Gasteiger partial charge in [0.2, 0.25) is 10.0 Å². The van der Waals surface area contributed by atoms with Crippen LogP contribution in [0.5, 0.6) is 5.75 Å². The zero-order valence-electron chi connectivity index (χ0n) is 17.7. The number of rotatable bonds is 5. The number of ether oxygens (including phenoxy) is 1. The third-order valence-corrected chi connectivity index (χ3v) is 9.21. The first-order valence-electron chi connectivity index (χ1n) is 10.3. The minimum absolute atomic E-state index is 0.0604. The van der Waals surface area contributed by atoms with Crippen molar-refractivity contribution in [3.63, 3.8) is 0 Å². The van der Waals surface area contributed by atoms with E-state index in [2.05, 4.69) is 10.0 Å². The fourth-order valence-electron chi connectivity index (χ4n) is 4.13. The van der Waals surface area contributed by atoms with Gasteiger partial charge in [0.25, 0.3) is 15.9 Å². The lowest BCUT2D eigenvalue weighted by Gasteiger charge is -2.37. The van der Waals surface area contributed by atoms with Crippen molar-refractivity contribution in [2.75, 3.05) is 16.6 Å². The molecule has 2 atom stereocenters. The first-order chi connectivity index (χ1) is 15.1. The Labute approximate surface area is 187 Å². The Morgan fingerprint density at radius 1 is 0.969 bits per heavy atom. The quantitative estimate of drug-likeness (QED) is 0.680. The first kappa shape index (κ1) is 22.6. The molecule has 172 valence electrons. The van der Waals surface area contributed by atoms with Crippen LogP contribution in [-0.4, -0.2) is 45.7 Å². The summed E-state index contributed by atoms with van der Waals surface area (Å²) in [5, 5.41) is 2.57. The minimum atomic E-state index is -3.97. The molecular weight excluding hydrogens is 454 g/mol. The second-order valence-corrected chi connectivity index (χ2v) is 11.6. The number of hydrogen-bond acceptors (Lipinski definition) is 6. The number of piperidine rings is 1. The van der Waals surface area contributed by atoms with E-state index in [1.807, 2.05) is 13.8 Å². The Morgan fingerprint density at radius 2 is 1.59 bits per heavy atom. The highest BCUT2D eigenvalue weighted by atomic mass is 32.2. The monoisotopic (exact) mass is 479 g/mol. The molecule has 2 N–H and O–H groups in total. The average molecular weight is 480 g/mol. The van der Waals surface area contributed by atoms with Gasteiger partial charge in [-0.2, -0.15) is 4.31 Å². The molecule has 0 bridgehead atoms. The van der Waals surface area contributed by atoms with E-state index in [4.69, 9.17) is 4.74 Å². The smallest absolute Gasteiger partial charge is 0.262 e. The molecule has 1 amide bonds. The third-order valence-electron chi connectivity index (χ3n) is 5.69. The average Bonchev–Trinajstić information content (AvgIpc) is 2.73. The van der Waals surface area contributed by atoms with Crippen molar-refractivity contribution in [2.45, 2.75) is 55.0 Å². The van der Waals surface area contributed by atoms with Crippen molar-refractivity contribution >= 4 is 37.3 Å². The number of fused-ring (bicyclic) bond motifs is 1. The number of sulfonamides is 2. The van der Waals surface area contributed by atoms with Gasteiger partial charge in [-0.25, -0.2) is 16.8 Å². The number of nitrogens with zero attached hydrogens (tertiary/aromatic N) is 1. The summed E-state index contributed by atoms with van der Waals surface area (Å²) in [4.78, 5) is 11.6. The molecule has 0 spiro atoms. The van der Waals surface area contributed by atoms with Crippen LogP contribution in [0.1, 0.15) is 33.1 Å². The molecule has 0 aromatic heterocycles. The molecule has 2 aliphatic rings. The van der Waals surface area contributed by atoms with E-state index in [0.29, 0.717) is 5.75 Å². The van der Waals surface area contributed by atoms with Gasteiger partial charge in [-0.3, -0.25) is 9.52 Å². The molecule has 2 aliphatic heterocycles. The molecule has 2 heterocycles. The number of amides is 1. The van der Waals surface area contributed by atoms with Crippen LogP contribution in [0.25, 0.3) is 0 Å². The lowest BCUT2D eigenvalue weighted by molar-refractivity contribution is -0.118. The normalized spacial score (nSPS) is 21.9. The summed E-state index contributed by atoms with van der Waals surface area (Å²) >= 11 is 0. The standard InChI is InChI=1S/C21H25N3O6S2/c1-14-4-3-5-15(2)24(14)32(28,29)17-8-6-16(7-9-17)23-31(26,27)18-10-11-20-19(12-18)22-21(25)13-30-20/h6-12,14-15,23H,3-5,13H2,1-2H3,(H,22,25). The maximum Gasteiger partial charge on any atom is 0.262 e. The molecule has 0 radical (unpaired) electrons. The van der Waals surface area contributed by atoms with Gasteiger partial charge in [0.05, 0.1) is 15.5 Å². The molecule has 2 unspecified atom stereocenters. The summed E-state index contributed by atoms with van der Waals surface area (Å²) in [6.07, 6.45) is 2.62. The topological polar surface area (TPSA) is 122 Å². The van der Waals surface area contributed by atoms with Crippen LogP contribution in [0.3, 0.4) is 0 Å². The van der Waals surface area contributed by atoms with E-state index in [0.717, 1.165) is 19.3 Å². The van der Waals surface area contributed by atoms with Gasteiger partial charge in [0.1, 0.15) is 5.75 Å². The minimum Gasteiger partial charge on any atom is -0.482 e. The summed E-state index contributed by atoms with van der Waals surface area (Å²) in [6, 6.07) is 9.64. The van der Waals surface area contributed by atoms with Crippen molar-refractivity contribution < 1.29 is 26.4 Å². The highest BCUT2D eigenvalue weighted by molar-refractivity contribution is 7.92. The molecule has 1 saturated heterocycles. The summed E-state index contributed by atoms with van der Waals surface area (Å²) < 4.78 is 61.1. The first-order valence-corrected chi connectivity index (χ1v) is 13.2. The van der Waals surface area contributed by atoms with Gasteiger partial charge in [0.15, 0.2) is 6.61 Å². The predicted octanol–water partition coefficient (Wildman–Crippen LogP) is 2.77. The van der Waals surface area contributed by atoms with Gasteiger partial charge in [0, 0.05) is 17.8 Å². The zero-order valence-corrected chi connectivity index (χ0v) is 19.4. The molecule has 11 heteroatoms. The summed E-state index contributed by atoms with van der Waals surface area (Å²) in [5.41, 5.74) is 0.497. The molecule has 0 saturated carbocycles. The van der Waals surface area contributed by atoms with E-state index < -0.39 is 20.0 Å². The van der Waals surface area contributed by atoms with Gasteiger partial charge in [-0.1, -0.05) is 6.42 Å². The SMILES string of the molecule is CC1CCCC(C)N1S(=O)(=O)c1ccc(NS(=O)(=O)c2ccc3c(c2)NC(=O)CO3)cc1. The van der Waals surface area contributed by atoms with Gasteiger partial charge in [-0.15, -0.1) is 0 Å². The van der Waals surface area contributed by atoms with Crippen molar-refractivity contribution in [2.24, 2.45) is 0 Å². The van der Waals surface area contributed by atoms with E-state index >= 15 is 0 Å². The summed E-state index contributed by atoms with van der Waals surface area (Å²) in [5.74, 6) is 0.0217. The fourth-order valence-corrected chi connectivity index (χ4v) is 7.10. The largest absolute Gasteiger partial charge is 0.482 e. The molecule has 2 aromatic carbocycles. The number of hydrogen-bond donors (Lipinski definition) is 2. The maximum atomic E-state index is 13.1. The highest BCUT2D eigenvalue weighted by Crippen LogP contribution is 2.32. The second-order valence-electron chi connectivity index (χ2n) is 8.09. The number of carbonyl (C=O) groups excluding carboxylic acids is 1. The molecule has 9 nitrogen and oxygen atoms in total. The van der Waals surface area contributed by atoms with Crippen LogP contribution in [0.15, 0.2) is 52.3 Å². The maximum absolute atomic E-state index is 13.1. The van der Waals surface area contributed by atoms with E-state index in [-0.39, 0.29) is 45.8 Å². The van der Waals surface area contributed by atoms with Crippen molar-refractivity contribution in [3.8, 4) is 5.75 Å². The Morgan fingerprint density at radius 3 is 2.25 bits per heavy atom. The molecular formula is C21H25N3O6S2. The van der Waals surface area contributed by atoms with Crippen LogP contribution in [0.4, 0.5) is 11.4 Å². The predicted molar refractivity (Wildman–Crippen MR) is 120 cm³/mol. The van der Waals surface area contributed by atoms with Crippen molar-refractivity contribution in [1.82, 2.24) is 4.31 Å². The fraction of sp³-hybridized carbons (Fsp3) is 0.381. The van der Waals surface area contributed by atoms with Crippen LogP contribution in [0, 0.1) is 0 Å². The molecule has 0 aliphatic carbocycles. The summed E-state index contributed by atoms with van der Waals surface area (Å²) in [6.45, 7) is 3.69.